The van der Waals surface area contributed by atoms with Crippen LogP contribution in [-0.2, 0) is 0 Å². The van der Waals surface area contributed by atoms with Crippen molar-refractivity contribution in [1.82, 2.24) is 20.4 Å². The summed E-state index contributed by atoms with van der Waals surface area (Å²) in [5, 5.41) is 7.46. The predicted octanol–water partition coefficient (Wildman–Crippen LogP) is 2.64. The predicted molar refractivity (Wildman–Crippen MR) is 96.3 cm³/mol. The first-order valence-electron chi connectivity index (χ1n) is 7.92. The normalized spacial score (nSPS) is 18.5. The van der Waals surface area contributed by atoms with Gasteiger partial charge in [-0.05, 0) is 37.7 Å². The van der Waals surface area contributed by atoms with Gasteiger partial charge in [-0.2, -0.15) is 4.98 Å². The highest BCUT2D eigenvalue weighted by Gasteiger charge is 2.24. The highest BCUT2D eigenvalue weighted by atomic mass is 35.5. The van der Waals surface area contributed by atoms with Crippen LogP contribution < -0.4 is 10.1 Å². The van der Waals surface area contributed by atoms with Crippen LogP contribution in [0.1, 0.15) is 30.2 Å². The van der Waals surface area contributed by atoms with Gasteiger partial charge in [0.05, 0.1) is 12.6 Å². The second-order valence-corrected chi connectivity index (χ2v) is 5.53. The zero-order valence-corrected chi connectivity index (χ0v) is 14.8. The lowest BCUT2D eigenvalue weighted by Gasteiger charge is -2.30. The molecule has 1 fully saturated rings. The number of hydrogen-bond acceptors (Lipinski definition) is 6. The van der Waals surface area contributed by atoms with E-state index < -0.39 is 0 Å². The van der Waals surface area contributed by atoms with Crippen LogP contribution in [0.3, 0.4) is 0 Å². The van der Waals surface area contributed by atoms with Crippen LogP contribution in [0.5, 0.6) is 5.75 Å². The molecule has 0 saturated carbocycles. The quantitative estimate of drug-likeness (QED) is 0.894. The molecule has 1 aromatic carbocycles. The van der Waals surface area contributed by atoms with E-state index in [9.17, 15) is 0 Å². The fourth-order valence-corrected chi connectivity index (χ4v) is 2.55. The molecular formula is C17H23ClN4O2. The third kappa shape index (κ3) is 4.56. The molecule has 0 bridgehead atoms. The molecule has 0 aliphatic carbocycles. The van der Waals surface area contributed by atoms with Crippen molar-refractivity contribution in [2.45, 2.75) is 13.0 Å². The van der Waals surface area contributed by atoms with Gasteiger partial charge in [-0.15, -0.1) is 12.4 Å². The van der Waals surface area contributed by atoms with Gasteiger partial charge >= 0.3 is 0 Å². The first kappa shape index (κ1) is 18.4. The van der Waals surface area contributed by atoms with E-state index in [1.165, 1.54) is 0 Å². The maximum atomic E-state index is 5.43. The van der Waals surface area contributed by atoms with Crippen LogP contribution in [0.2, 0.25) is 0 Å². The van der Waals surface area contributed by atoms with E-state index in [0.29, 0.717) is 12.5 Å². The standard InChI is InChI=1S/C17H22N4O2.ClH/c1-3-22-14-7-4-13(5-8-14)6-9-16-19-17(20-23-16)15-12-18-10-11-21(15)2;/h4-9,15,18H,3,10-12H2,1-2H3;1H/b9-6+;. The van der Waals surface area contributed by atoms with Crippen molar-refractivity contribution in [2.24, 2.45) is 0 Å². The average Bonchev–Trinajstić information content (AvgIpc) is 3.04. The Labute approximate surface area is 148 Å². The second-order valence-electron chi connectivity index (χ2n) is 5.53. The largest absolute Gasteiger partial charge is 0.494 e. The van der Waals surface area contributed by atoms with Crippen molar-refractivity contribution < 1.29 is 9.26 Å². The van der Waals surface area contributed by atoms with Gasteiger partial charge in [-0.3, -0.25) is 4.90 Å². The van der Waals surface area contributed by atoms with E-state index in [1.807, 2.05) is 43.3 Å². The summed E-state index contributed by atoms with van der Waals surface area (Å²) in [6, 6.07) is 8.06. The maximum Gasteiger partial charge on any atom is 0.250 e. The number of piperazine rings is 1. The summed E-state index contributed by atoms with van der Waals surface area (Å²) in [7, 11) is 2.08. The summed E-state index contributed by atoms with van der Waals surface area (Å²) in [6.45, 7) is 5.47. The monoisotopic (exact) mass is 350 g/mol. The Hall–Kier alpha value is -1.89. The Morgan fingerprint density at radius 3 is 2.83 bits per heavy atom. The number of aromatic nitrogens is 2. The van der Waals surface area contributed by atoms with Crippen molar-refractivity contribution in [3.05, 3.63) is 41.5 Å². The molecule has 1 aliphatic heterocycles. The van der Waals surface area contributed by atoms with Gasteiger partial charge in [0, 0.05) is 25.7 Å². The molecule has 1 atom stereocenters. The zero-order valence-electron chi connectivity index (χ0n) is 13.9. The highest BCUT2D eigenvalue weighted by Crippen LogP contribution is 2.19. The molecule has 1 N–H and O–H groups in total. The van der Waals surface area contributed by atoms with E-state index in [4.69, 9.17) is 9.26 Å². The lowest BCUT2D eigenvalue weighted by atomic mass is 10.2. The number of rotatable bonds is 5. The van der Waals surface area contributed by atoms with E-state index >= 15 is 0 Å². The minimum absolute atomic E-state index is 0. The Morgan fingerprint density at radius 2 is 2.12 bits per heavy atom. The molecule has 1 aliphatic rings. The third-order valence-corrected chi connectivity index (χ3v) is 3.88. The van der Waals surface area contributed by atoms with Crippen LogP contribution in [0.4, 0.5) is 0 Å². The van der Waals surface area contributed by atoms with E-state index in [2.05, 4.69) is 27.4 Å². The average molecular weight is 351 g/mol. The summed E-state index contributed by atoms with van der Waals surface area (Å²) in [4.78, 5) is 6.71. The summed E-state index contributed by atoms with van der Waals surface area (Å²) in [5.74, 6) is 2.12. The van der Waals surface area contributed by atoms with Gasteiger partial charge in [-0.25, -0.2) is 0 Å². The van der Waals surface area contributed by atoms with Crippen LogP contribution >= 0.6 is 12.4 Å². The summed E-state index contributed by atoms with van der Waals surface area (Å²) in [6.07, 6.45) is 3.79. The molecule has 2 aromatic rings. The number of nitrogens with zero attached hydrogens (tertiary/aromatic N) is 3. The molecule has 0 amide bonds. The van der Waals surface area contributed by atoms with Crippen LogP contribution in [-0.4, -0.2) is 48.3 Å². The summed E-state index contributed by atoms with van der Waals surface area (Å²) >= 11 is 0. The molecule has 1 unspecified atom stereocenters. The molecule has 2 heterocycles. The molecule has 1 saturated heterocycles. The van der Waals surface area contributed by atoms with Crippen molar-refractivity contribution in [3.63, 3.8) is 0 Å². The lowest BCUT2D eigenvalue weighted by Crippen LogP contribution is -2.44. The third-order valence-electron chi connectivity index (χ3n) is 3.88. The Morgan fingerprint density at radius 1 is 1.33 bits per heavy atom. The lowest BCUT2D eigenvalue weighted by molar-refractivity contribution is 0.190. The minimum atomic E-state index is 0. The van der Waals surface area contributed by atoms with Crippen molar-refractivity contribution in [3.8, 4) is 5.75 Å². The molecule has 7 heteroatoms. The Kier molecular flexibility index (Phi) is 6.78. The number of nitrogens with one attached hydrogen (secondary N) is 1. The van der Waals surface area contributed by atoms with Gasteiger partial charge in [0.2, 0.25) is 0 Å². The number of ether oxygens (including phenoxy) is 1. The Bertz CT molecular complexity index is 657. The molecule has 0 radical (unpaired) electrons. The fraction of sp³-hybridized carbons (Fsp3) is 0.412. The van der Waals surface area contributed by atoms with Crippen molar-refractivity contribution in [2.75, 3.05) is 33.3 Å². The van der Waals surface area contributed by atoms with E-state index in [-0.39, 0.29) is 18.4 Å². The van der Waals surface area contributed by atoms with Gasteiger partial charge in [0.15, 0.2) is 5.82 Å². The number of likely N-dealkylation sites (N-methyl/N-ethyl adjacent to an activating group) is 1. The van der Waals surface area contributed by atoms with E-state index in [1.54, 1.807) is 0 Å². The molecule has 3 rings (SSSR count). The van der Waals surface area contributed by atoms with Gasteiger partial charge in [-0.1, -0.05) is 17.3 Å². The van der Waals surface area contributed by atoms with Crippen molar-refractivity contribution >= 4 is 24.6 Å². The smallest absolute Gasteiger partial charge is 0.250 e. The first-order chi connectivity index (χ1) is 11.3. The Balaban J connectivity index is 0.00000208. The number of halogens is 1. The van der Waals surface area contributed by atoms with E-state index in [0.717, 1.165) is 36.8 Å². The topological polar surface area (TPSA) is 63.4 Å². The molecule has 6 nitrogen and oxygen atoms in total. The highest BCUT2D eigenvalue weighted by molar-refractivity contribution is 5.85. The number of hydrogen-bond donors (Lipinski definition) is 1. The maximum absolute atomic E-state index is 5.43. The zero-order chi connectivity index (χ0) is 16.1. The fourth-order valence-electron chi connectivity index (χ4n) is 2.55. The van der Waals surface area contributed by atoms with Crippen LogP contribution in [0.15, 0.2) is 28.8 Å². The molecule has 0 spiro atoms. The van der Waals surface area contributed by atoms with Crippen LogP contribution in [0, 0.1) is 0 Å². The SMILES string of the molecule is CCOc1ccc(/C=C/c2nc(C3CNCCN3C)no2)cc1.Cl. The summed E-state index contributed by atoms with van der Waals surface area (Å²) in [5.41, 5.74) is 1.06. The van der Waals surface area contributed by atoms with Crippen molar-refractivity contribution in [1.29, 1.82) is 0 Å². The molecule has 130 valence electrons. The minimum Gasteiger partial charge on any atom is -0.494 e. The first-order valence-corrected chi connectivity index (χ1v) is 7.92. The molecule has 1 aromatic heterocycles. The number of benzene rings is 1. The summed E-state index contributed by atoms with van der Waals surface area (Å²) < 4.78 is 10.8. The van der Waals surface area contributed by atoms with Gasteiger partial charge in [0.1, 0.15) is 5.75 Å². The van der Waals surface area contributed by atoms with Crippen LogP contribution in [0.25, 0.3) is 12.2 Å². The second kappa shape index (κ2) is 8.82. The molecular weight excluding hydrogens is 328 g/mol. The molecule has 24 heavy (non-hydrogen) atoms. The van der Waals surface area contributed by atoms with Gasteiger partial charge < -0.3 is 14.6 Å². The van der Waals surface area contributed by atoms with Gasteiger partial charge in [0.25, 0.3) is 5.89 Å².